The van der Waals surface area contributed by atoms with Gasteiger partial charge in [-0.05, 0) is 0 Å². The maximum absolute atomic E-state index is 10.9. The molecule has 14 heavy (non-hydrogen) atoms. The Morgan fingerprint density at radius 3 is 2.64 bits per heavy atom. The van der Waals surface area contributed by atoms with E-state index in [9.17, 15) is 13.2 Å². The maximum Gasteiger partial charge on any atom is 0.312 e. The lowest BCUT2D eigenvalue weighted by Crippen LogP contribution is -2.32. The van der Waals surface area contributed by atoms with E-state index < -0.39 is 15.9 Å². The molecule has 0 rings (SSSR count). The van der Waals surface area contributed by atoms with Crippen molar-refractivity contribution in [1.82, 2.24) is 5.32 Å². The molecule has 0 aromatic carbocycles. The lowest BCUT2D eigenvalue weighted by atomic mass is 10.7. The molecule has 0 saturated carbocycles. The van der Waals surface area contributed by atoms with Gasteiger partial charge in [-0.2, -0.15) is 0 Å². The molecule has 0 aromatic rings. The normalized spacial score (nSPS) is 10.9. The van der Waals surface area contributed by atoms with Crippen molar-refractivity contribution < 1.29 is 17.9 Å². The van der Waals surface area contributed by atoms with E-state index in [2.05, 4.69) is 11.9 Å². The first kappa shape index (κ1) is 12.9. The SMILES string of the molecule is C=CS(=O)(=O)CCOCCNC(N)=O. The molecule has 3 N–H and O–H groups in total. The molecule has 2 amide bonds. The monoisotopic (exact) mass is 222 g/mol. The van der Waals surface area contributed by atoms with Crippen molar-refractivity contribution in [3.63, 3.8) is 0 Å². The highest BCUT2D eigenvalue weighted by molar-refractivity contribution is 7.94. The molecule has 0 atom stereocenters. The number of carbonyl (C=O) groups excluding carboxylic acids is 1. The Balaban J connectivity index is 3.39. The van der Waals surface area contributed by atoms with Crippen LogP contribution in [-0.2, 0) is 14.6 Å². The first-order valence-corrected chi connectivity index (χ1v) is 5.66. The van der Waals surface area contributed by atoms with E-state index in [1.807, 2.05) is 0 Å². The van der Waals surface area contributed by atoms with Crippen LogP contribution >= 0.6 is 0 Å². The molecular weight excluding hydrogens is 208 g/mol. The lowest BCUT2D eigenvalue weighted by molar-refractivity contribution is 0.151. The van der Waals surface area contributed by atoms with Gasteiger partial charge in [0.2, 0.25) is 0 Å². The molecular formula is C7H14N2O4S. The Morgan fingerprint density at radius 1 is 1.50 bits per heavy atom. The van der Waals surface area contributed by atoms with Gasteiger partial charge in [-0.15, -0.1) is 0 Å². The van der Waals surface area contributed by atoms with Crippen LogP contribution < -0.4 is 11.1 Å². The van der Waals surface area contributed by atoms with E-state index in [1.165, 1.54) is 0 Å². The van der Waals surface area contributed by atoms with E-state index >= 15 is 0 Å². The standard InChI is InChI=1S/C7H14N2O4S/c1-2-14(11,12)6-5-13-4-3-9-7(8)10/h2H,1,3-6H2,(H3,8,9,10). The molecule has 0 radical (unpaired) electrons. The highest BCUT2D eigenvalue weighted by atomic mass is 32.2. The lowest BCUT2D eigenvalue weighted by Gasteiger charge is -2.03. The minimum atomic E-state index is -3.20. The molecule has 0 unspecified atom stereocenters. The second kappa shape index (κ2) is 6.39. The molecule has 0 aromatic heterocycles. The summed E-state index contributed by atoms with van der Waals surface area (Å²) in [6.07, 6.45) is 0. The molecule has 0 heterocycles. The summed E-state index contributed by atoms with van der Waals surface area (Å²) in [4.78, 5) is 10.2. The quantitative estimate of drug-likeness (QED) is 0.552. The average Bonchev–Trinajstić information content (AvgIpc) is 2.10. The van der Waals surface area contributed by atoms with Gasteiger partial charge in [0.05, 0.1) is 19.0 Å². The first-order chi connectivity index (χ1) is 6.48. The zero-order valence-corrected chi connectivity index (χ0v) is 8.55. The van der Waals surface area contributed by atoms with Gasteiger partial charge in [0, 0.05) is 12.0 Å². The molecule has 0 fully saturated rings. The molecule has 82 valence electrons. The Bertz CT molecular complexity index is 286. The largest absolute Gasteiger partial charge is 0.379 e. The highest BCUT2D eigenvalue weighted by Gasteiger charge is 2.03. The van der Waals surface area contributed by atoms with Gasteiger partial charge in [-0.1, -0.05) is 6.58 Å². The van der Waals surface area contributed by atoms with Gasteiger partial charge in [-0.25, -0.2) is 13.2 Å². The molecule has 6 nitrogen and oxygen atoms in total. The zero-order valence-electron chi connectivity index (χ0n) is 7.73. The molecule has 0 spiro atoms. The number of hydrogen-bond donors (Lipinski definition) is 2. The van der Waals surface area contributed by atoms with Crippen LogP contribution in [0.1, 0.15) is 0 Å². The molecule has 0 aliphatic carbocycles. The minimum Gasteiger partial charge on any atom is -0.379 e. The number of urea groups is 1. The van der Waals surface area contributed by atoms with E-state index in [4.69, 9.17) is 10.5 Å². The van der Waals surface area contributed by atoms with Crippen molar-refractivity contribution in [3.8, 4) is 0 Å². The number of amides is 2. The van der Waals surface area contributed by atoms with Crippen molar-refractivity contribution in [2.45, 2.75) is 0 Å². The van der Waals surface area contributed by atoms with Gasteiger partial charge < -0.3 is 15.8 Å². The van der Waals surface area contributed by atoms with Crippen molar-refractivity contribution in [2.75, 3.05) is 25.5 Å². The summed E-state index contributed by atoms with van der Waals surface area (Å²) >= 11 is 0. The second-order valence-corrected chi connectivity index (χ2v) is 4.50. The topological polar surface area (TPSA) is 98.5 Å². The van der Waals surface area contributed by atoms with E-state index in [1.54, 1.807) is 0 Å². The van der Waals surface area contributed by atoms with Crippen LogP contribution in [0.15, 0.2) is 12.0 Å². The highest BCUT2D eigenvalue weighted by Crippen LogP contribution is 1.90. The van der Waals surface area contributed by atoms with Crippen LogP contribution in [0.3, 0.4) is 0 Å². The Morgan fingerprint density at radius 2 is 2.14 bits per heavy atom. The van der Waals surface area contributed by atoms with Crippen molar-refractivity contribution in [1.29, 1.82) is 0 Å². The molecule has 0 aliphatic rings. The van der Waals surface area contributed by atoms with Crippen LogP contribution in [0.2, 0.25) is 0 Å². The predicted molar refractivity (Wildman–Crippen MR) is 52.4 cm³/mol. The maximum atomic E-state index is 10.9. The van der Waals surface area contributed by atoms with Gasteiger partial charge >= 0.3 is 6.03 Å². The fourth-order valence-electron chi connectivity index (χ4n) is 0.607. The van der Waals surface area contributed by atoms with Gasteiger partial charge in [0.25, 0.3) is 0 Å². The molecule has 0 saturated heterocycles. The number of hydrogen-bond acceptors (Lipinski definition) is 4. The van der Waals surface area contributed by atoms with Crippen LogP contribution in [0.4, 0.5) is 4.79 Å². The third kappa shape index (κ3) is 7.56. The van der Waals surface area contributed by atoms with Crippen molar-refractivity contribution in [2.24, 2.45) is 5.73 Å². The summed E-state index contributed by atoms with van der Waals surface area (Å²) in [6.45, 7) is 3.73. The number of primary amides is 1. The molecule has 0 bridgehead atoms. The summed E-state index contributed by atoms with van der Waals surface area (Å²) in [5, 5.41) is 3.19. The Hall–Kier alpha value is -1.08. The zero-order chi connectivity index (χ0) is 11.0. The van der Waals surface area contributed by atoms with E-state index in [0.717, 1.165) is 5.41 Å². The fraction of sp³-hybridized carbons (Fsp3) is 0.571. The third-order valence-corrected chi connectivity index (χ3v) is 2.56. The summed E-state index contributed by atoms with van der Waals surface area (Å²) < 4.78 is 26.6. The van der Waals surface area contributed by atoms with Crippen LogP contribution in [0.25, 0.3) is 0 Å². The van der Waals surface area contributed by atoms with Crippen molar-refractivity contribution >= 4 is 15.9 Å². The smallest absolute Gasteiger partial charge is 0.312 e. The average molecular weight is 222 g/mol. The third-order valence-electron chi connectivity index (χ3n) is 1.31. The van der Waals surface area contributed by atoms with Crippen molar-refractivity contribution in [3.05, 3.63) is 12.0 Å². The van der Waals surface area contributed by atoms with Crippen LogP contribution in [-0.4, -0.2) is 40.0 Å². The van der Waals surface area contributed by atoms with Gasteiger partial charge in [0.15, 0.2) is 9.84 Å². The first-order valence-electron chi connectivity index (χ1n) is 3.94. The summed E-state index contributed by atoms with van der Waals surface area (Å²) in [7, 11) is -3.20. The predicted octanol–water partition coefficient (Wildman–Crippen LogP) is -0.770. The minimum absolute atomic E-state index is 0.0782. The fourth-order valence-corrected chi connectivity index (χ4v) is 1.12. The Kier molecular flexibility index (Phi) is 5.89. The summed E-state index contributed by atoms with van der Waals surface area (Å²) in [5.41, 5.74) is 4.78. The number of nitrogens with one attached hydrogen (secondary N) is 1. The number of carbonyl (C=O) groups is 1. The van der Waals surface area contributed by atoms with Crippen LogP contribution in [0.5, 0.6) is 0 Å². The number of sulfone groups is 1. The van der Waals surface area contributed by atoms with E-state index in [-0.39, 0.29) is 25.5 Å². The van der Waals surface area contributed by atoms with Gasteiger partial charge in [0.1, 0.15) is 0 Å². The molecule has 7 heteroatoms. The van der Waals surface area contributed by atoms with E-state index in [0.29, 0.717) is 0 Å². The summed E-state index contributed by atoms with van der Waals surface area (Å²) in [6, 6.07) is -0.632. The number of nitrogens with two attached hydrogens (primary N) is 1. The number of rotatable bonds is 7. The number of ether oxygens (including phenoxy) is 1. The van der Waals surface area contributed by atoms with Gasteiger partial charge in [-0.3, -0.25) is 0 Å². The molecule has 0 aliphatic heterocycles. The second-order valence-electron chi connectivity index (χ2n) is 2.44. The van der Waals surface area contributed by atoms with Crippen LogP contribution in [0, 0.1) is 0 Å². The Labute approximate surface area is 83.0 Å². The summed E-state index contributed by atoms with van der Waals surface area (Å²) in [5.74, 6) is -0.104.